The molecule has 2 rings (SSSR count). The first kappa shape index (κ1) is 14.5. The van der Waals surface area contributed by atoms with E-state index in [1.165, 1.54) is 18.2 Å². The van der Waals surface area contributed by atoms with Gasteiger partial charge in [0.15, 0.2) is 0 Å². The zero-order chi connectivity index (χ0) is 15.4. The van der Waals surface area contributed by atoms with Crippen LogP contribution in [0.2, 0.25) is 0 Å². The Hall–Kier alpha value is -2.90. The molecule has 0 unspecified atom stereocenters. The number of aromatic nitrogens is 2. The van der Waals surface area contributed by atoms with Crippen LogP contribution < -0.4 is 5.32 Å². The highest BCUT2D eigenvalue weighted by Gasteiger charge is 2.15. The summed E-state index contributed by atoms with van der Waals surface area (Å²) in [6.07, 6.45) is 2.30. The number of aromatic carboxylic acids is 1. The van der Waals surface area contributed by atoms with Crippen molar-refractivity contribution in [2.24, 2.45) is 7.05 Å². The van der Waals surface area contributed by atoms with Crippen LogP contribution in [0.5, 0.6) is 0 Å². The third kappa shape index (κ3) is 3.35. The SMILES string of the molecule is Cn1nccc1CCNc1cc([N+](=O)[O-])ccc1C(=O)O. The van der Waals surface area contributed by atoms with Gasteiger partial charge in [0, 0.05) is 44.0 Å². The molecule has 0 bridgehead atoms. The summed E-state index contributed by atoms with van der Waals surface area (Å²) in [6.45, 7) is 0.445. The zero-order valence-corrected chi connectivity index (χ0v) is 11.3. The number of carboxylic acid groups (broad SMARTS) is 1. The summed E-state index contributed by atoms with van der Waals surface area (Å²) < 4.78 is 1.72. The van der Waals surface area contributed by atoms with Gasteiger partial charge in [0.05, 0.1) is 16.2 Å². The molecule has 0 radical (unpaired) electrons. The van der Waals surface area contributed by atoms with Crippen LogP contribution in [0.25, 0.3) is 0 Å². The van der Waals surface area contributed by atoms with E-state index in [1.54, 1.807) is 10.9 Å². The number of nitro benzene ring substituents is 1. The van der Waals surface area contributed by atoms with Gasteiger partial charge < -0.3 is 10.4 Å². The Balaban J connectivity index is 2.13. The highest BCUT2D eigenvalue weighted by Crippen LogP contribution is 2.22. The van der Waals surface area contributed by atoms with Crippen molar-refractivity contribution in [2.45, 2.75) is 6.42 Å². The van der Waals surface area contributed by atoms with Crippen LogP contribution in [0, 0.1) is 10.1 Å². The van der Waals surface area contributed by atoms with E-state index >= 15 is 0 Å². The summed E-state index contributed by atoms with van der Waals surface area (Å²) in [5.41, 5.74) is 1.07. The molecule has 2 N–H and O–H groups in total. The number of anilines is 1. The molecule has 8 nitrogen and oxygen atoms in total. The molecule has 21 heavy (non-hydrogen) atoms. The number of hydrogen-bond acceptors (Lipinski definition) is 5. The van der Waals surface area contributed by atoms with E-state index in [-0.39, 0.29) is 16.9 Å². The Morgan fingerprint density at radius 1 is 1.48 bits per heavy atom. The molecule has 0 atom stereocenters. The number of nitro groups is 1. The Kier molecular flexibility index (Phi) is 4.17. The summed E-state index contributed by atoms with van der Waals surface area (Å²) in [6, 6.07) is 5.49. The summed E-state index contributed by atoms with van der Waals surface area (Å²) in [5.74, 6) is -1.13. The topological polar surface area (TPSA) is 110 Å². The number of nitrogens with one attached hydrogen (secondary N) is 1. The maximum atomic E-state index is 11.1. The monoisotopic (exact) mass is 290 g/mol. The van der Waals surface area contributed by atoms with Crippen LogP contribution in [-0.4, -0.2) is 32.3 Å². The maximum Gasteiger partial charge on any atom is 0.337 e. The first-order valence-electron chi connectivity index (χ1n) is 6.21. The first-order valence-corrected chi connectivity index (χ1v) is 6.21. The van der Waals surface area contributed by atoms with Gasteiger partial charge in [-0.2, -0.15) is 5.10 Å². The highest BCUT2D eigenvalue weighted by atomic mass is 16.6. The molecule has 1 aromatic carbocycles. The number of carboxylic acids is 1. The third-order valence-corrected chi connectivity index (χ3v) is 3.06. The van der Waals surface area contributed by atoms with E-state index in [9.17, 15) is 14.9 Å². The molecule has 0 aliphatic rings. The van der Waals surface area contributed by atoms with Crippen molar-refractivity contribution in [3.8, 4) is 0 Å². The molecule has 0 amide bonds. The molecule has 1 heterocycles. The largest absolute Gasteiger partial charge is 0.478 e. The molecule has 0 saturated heterocycles. The summed E-state index contributed by atoms with van der Waals surface area (Å²) in [7, 11) is 1.81. The smallest absolute Gasteiger partial charge is 0.337 e. The van der Waals surface area contributed by atoms with Crippen molar-refractivity contribution >= 4 is 17.3 Å². The van der Waals surface area contributed by atoms with Crippen LogP contribution in [0.15, 0.2) is 30.5 Å². The van der Waals surface area contributed by atoms with Crippen LogP contribution in [0.4, 0.5) is 11.4 Å². The molecule has 0 saturated carbocycles. The lowest BCUT2D eigenvalue weighted by atomic mass is 10.1. The van der Waals surface area contributed by atoms with Gasteiger partial charge in [-0.05, 0) is 12.1 Å². The number of benzene rings is 1. The molecule has 0 spiro atoms. The summed E-state index contributed by atoms with van der Waals surface area (Å²) in [5, 5.41) is 26.8. The predicted octanol–water partition coefficient (Wildman–Crippen LogP) is 1.68. The van der Waals surface area contributed by atoms with Crippen LogP contribution >= 0.6 is 0 Å². The van der Waals surface area contributed by atoms with E-state index < -0.39 is 10.9 Å². The van der Waals surface area contributed by atoms with Gasteiger partial charge in [0.2, 0.25) is 0 Å². The van der Waals surface area contributed by atoms with Gasteiger partial charge in [0.25, 0.3) is 5.69 Å². The Bertz CT molecular complexity index is 681. The number of non-ortho nitro benzene ring substituents is 1. The lowest BCUT2D eigenvalue weighted by molar-refractivity contribution is -0.384. The number of carbonyl (C=O) groups is 1. The maximum absolute atomic E-state index is 11.1. The average molecular weight is 290 g/mol. The molecule has 0 aliphatic heterocycles. The number of rotatable bonds is 6. The zero-order valence-electron chi connectivity index (χ0n) is 11.3. The second-order valence-electron chi connectivity index (χ2n) is 4.42. The average Bonchev–Trinajstić information content (AvgIpc) is 2.84. The van der Waals surface area contributed by atoms with Crippen molar-refractivity contribution in [2.75, 3.05) is 11.9 Å². The molecular weight excluding hydrogens is 276 g/mol. The summed E-state index contributed by atoms with van der Waals surface area (Å²) in [4.78, 5) is 21.3. The Labute approximate surface area is 120 Å². The quantitative estimate of drug-likeness (QED) is 0.618. The molecule has 110 valence electrons. The van der Waals surface area contributed by atoms with Crippen LogP contribution in [0.3, 0.4) is 0 Å². The lowest BCUT2D eigenvalue weighted by Crippen LogP contribution is -2.11. The lowest BCUT2D eigenvalue weighted by Gasteiger charge is -2.09. The van der Waals surface area contributed by atoms with Crippen molar-refractivity contribution in [1.82, 2.24) is 9.78 Å². The first-order chi connectivity index (χ1) is 9.99. The minimum absolute atomic E-state index is 0.00519. The fourth-order valence-corrected chi connectivity index (χ4v) is 1.95. The summed E-state index contributed by atoms with van der Waals surface area (Å²) >= 11 is 0. The van der Waals surface area contributed by atoms with Gasteiger partial charge in [0.1, 0.15) is 0 Å². The second kappa shape index (κ2) is 6.04. The predicted molar refractivity (Wildman–Crippen MR) is 75.5 cm³/mol. The minimum Gasteiger partial charge on any atom is -0.478 e. The van der Waals surface area contributed by atoms with Crippen molar-refractivity contribution in [1.29, 1.82) is 0 Å². The number of nitrogens with zero attached hydrogens (tertiary/aromatic N) is 3. The Morgan fingerprint density at radius 3 is 2.81 bits per heavy atom. The van der Waals surface area contributed by atoms with Crippen LogP contribution in [0.1, 0.15) is 16.1 Å². The number of aryl methyl sites for hydroxylation is 1. The van der Waals surface area contributed by atoms with Gasteiger partial charge >= 0.3 is 5.97 Å². The molecule has 8 heteroatoms. The third-order valence-electron chi connectivity index (χ3n) is 3.06. The molecule has 1 aromatic heterocycles. The standard InChI is InChI=1S/C13H14N4O4/c1-16-9(5-7-15-16)4-6-14-12-8-10(17(20)21)2-3-11(12)13(18)19/h2-3,5,7-8,14H,4,6H2,1H3,(H,18,19). The minimum atomic E-state index is -1.13. The van der Waals surface area contributed by atoms with Gasteiger partial charge in [-0.25, -0.2) is 4.79 Å². The Morgan fingerprint density at radius 2 is 2.24 bits per heavy atom. The normalized spacial score (nSPS) is 10.3. The van der Waals surface area contributed by atoms with E-state index in [2.05, 4.69) is 10.4 Å². The molecule has 2 aromatic rings. The van der Waals surface area contributed by atoms with E-state index in [4.69, 9.17) is 5.11 Å². The van der Waals surface area contributed by atoms with Gasteiger partial charge in [-0.15, -0.1) is 0 Å². The molecular formula is C13H14N4O4. The fraction of sp³-hybridized carbons (Fsp3) is 0.231. The van der Waals surface area contributed by atoms with Gasteiger partial charge in [-0.1, -0.05) is 0 Å². The van der Waals surface area contributed by atoms with E-state index in [1.807, 2.05) is 13.1 Å². The van der Waals surface area contributed by atoms with Crippen molar-refractivity contribution < 1.29 is 14.8 Å². The molecule has 0 aliphatic carbocycles. The fourth-order valence-electron chi connectivity index (χ4n) is 1.95. The van der Waals surface area contributed by atoms with Crippen molar-refractivity contribution in [3.63, 3.8) is 0 Å². The van der Waals surface area contributed by atoms with Crippen molar-refractivity contribution in [3.05, 3.63) is 51.8 Å². The molecule has 0 fully saturated rings. The second-order valence-corrected chi connectivity index (χ2v) is 4.42. The van der Waals surface area contributed by atoms with E-state index in [0.29, 0.717) is 13.0 Å². The highest BCUT2D eigenvalue weighted by molar-refractivity contribution is 5.94. The van der Waals surface area contributed by atoms with Gasteiger partial charge in [-0.3, -0.25) is 14.8 Å². The van der Waals surface area contributed by atoms with Crippen LogP contribution in [-0.2, 0) is 13.5 Å². The van der Waals surface area contributed by atoms with E-state index in [0.717, 1.165) is 5.69 Å². The number of hydrogen-bond donors (Lipinski definition) is 2.